The van der Waals surface area contributed by atoms with Crippen molar-refractivity contribution in [2.75, 3.05) is 27.4 Å². The SMILES string of the molecule is CC[C@H]1C[C@H](O[C@@H]2/C(C)=C/C[C@@H]3C[C@@H](C[C@]4(C=C[C@H](C)[C@@H](C(C)C)O4)O3)OC(=O)[C@@H]3C=C(C)[C@@H](O)[C@H]4OC/C(=C\C=C\[C@@H]2C)[C@]43O)O[C@@H](C)[C@@H]1O[C@H]1C[C@H](OC)[C@@H](O)[C@H](C)O1.CC[C@H]1C[C@H](O[C@@H]2/C(C)=C/C[C@@H]3C[C@@H](C[C@]4(C=C[C@H](C)[C@@H]([C@@H](C)CC)O4)O3)OC(=O)[C@@H]3C=C(C)[C@@H](O)[C@H]4OC/C(=C\C=C\[C@@H]2C)[C@]43O)O[C@@H](C)[C@@H]1O[C@H]1C[C@H](OC)[C@@H](O)[C@H](C)O1. The Balaban J connectivity index is 0.000000212. The molecule has 0 radical (unpaired) electrons. The van der Waals surface area contributed by atoms with E-state index in [1.807, 2.05) is 64.2 Å². The van der Waals surface area contributed by atoms with Gasteiger partial charge in [-0.05, 0) is 137 Å². The maximum absolute atomic E-state index is 14.4. The Morgan fingerprint density at radius 2 is 0.862 bits per heavy atom. The van der Waals surface area contributed by atoms with Crippen LogP contribution in [0.4, 0.5) is 0 Å². The van der Waals surface area contributed by atoms with Gasteiger partial charge >= 0.3 is 11.9 Å². The van der Waals surface area contributed by atoms with Crippen LogP contribution in [0.2, 0.25) is 0 Å². The second kappa shape index (κ2) is 40.4. The first-order valence-electron chi connectivity index (χ1n) is 46.1. The van der Waals surface area contributed by atoms with Crippen molar-refractivity contribution in [2.24, 2.45) is 59.2 Å². The van der Waals surface area contributed by atoms with Crippen LogP contribution in [-0.4, -0.2) is 252 Å². The van der Waals surface area contributed by atoms with E-state index in [9.17, 15) is 40.2 Å². The fraction of sp³-hybridized carbons (Fsp3) is 0.773. The number of fused-ring (bicyclic) bond motifs is 4. The topological polar surface area (TPSA) is 322 Å². The maximum Gasteiger partial charge on any atom is 0.316 e. The molecule has 123 heavy (non-hydrogen) atoms. The molecule has 2 spiro atoms. The van der Waals surface area contributed by atoms with Gasteiger partial charge in [-0.15, -0.1) is 0 Å². The molecule has 0 aromatic rings. The van der Waals surface area contributed by atoms with Crippen LogP contribution in [0.25, 0.3) is 0 Å². The molecule has 0 amide bonds. The van der Waals surface area contributed by atoms with E-state index in [2.05, 4.69) is 107 Å². The second-order valence-corrected chi connectivity index (χ2v) is 38.6. The van der Waals surface area contributed by atoms with Crippen molar-refractivity contribution in [1.29, 1.82) is 0 Å². The summed E-state index contributed by atoms with van der Waals surface area (Å²) in [6, 6.07) is 0. The first-order chi connectivity index (χ1) is 58.5. The van der Waals surface area contributed by atoms with Crippen molar-refractivity contribution >= 4 is 11.9 Å². The lowest BCUT2D eigenvalue weighted by atomic mass is 9.71. The molecule has 26 heteroatoms. The molecular weight excluding hydrogens is 1580 g/mol. The summed E-state index contributed by atoms with van der Waals surface area (Å²) in [6.45, 7) is 36.8. The predicted octanol–water partition coefficient (Wildman–Crippen LogP) is 12.4. The van der Waals surface area contributed by atoms with Crippen LogP contribution in [-0.2, 0) is 94.9 Å². The molecular formula is C97H146O26. The second-order valence-electron chi connectivity index (χ2n) is 38.6. The van der Waals surface area contributed by atoms with Gasteiger partial charge in [0.2, 0.25) is 0 Å². The largest absolute Gasteiger partial charge is 0.462 e. The predicted molar refractivity (Wildman–Crippen MR) is 456 cm³/mol. The number of aliphatic hydroxyl groups excluding tert-OH is 4. The van der Waals surface area contributed by atoms with Crippen LogP contribution < -0.4 is 0 Å². The number of carbonyl (C=O) groups excluding carboxylic acids is 2. The van der Waals surface area contributed by atoms with Crippen LogP contribution in [0.1, 0.15) is 208 Å². The van der Waals surface area contributed by atoms with Crippen molar-refractivity contribution in [2.45, 2.75) is 390 Å². The van der Waals surface area contributed by atoms with Gasteiger partial charge in [0.1, 0.15) is 71.9 Å². The fourth-order valence-corrected chi connectivity index (χ4v) is 21.7. The number of carbonyl (C=O) groups is 2. The van der Waals surface area contributed by atoms with Crippen LogP contribution in [0, 0.1) is 59.2 Å². The van der Waals surface area contributed by atoms with Gasteiger partial charge in [0, 0.05) is 89.3 Å². The van der Waals surface area contributed by atoms with E-state index in [1.54, 1.807) is 52.4 Å². The molecule has 0 unspecified atom stereocenters. The summed E-state index contributed by atoms with van der Waals surface area (Å²) < 4.78 is 116. The van der Waals surface area contributed by atoms with Crippen molar-refractivity contribution in [3.63, 3.8) is 0 Å². The first kappa shape index (κ1) is 96.0. The third-order valence-electron chi connectivity index (χ3n) is 29.2. The molecule has 4 bridgehead atoms. The summed E-state index contributed by atoms with van der Waals surface area (Å²) in [5.74, 6) is -4.76. The highest BCUT2D eigenvalue weighted by Crippen LogP contribution is 2.51. The molecule has 6 N–H and O–H groups in total. The fourth-order valence-electron chi connectivity index (χ4n) is 21.7. The molecule has 14 rings (SSSR count). The smallest absolute Gasteiger partial charge is 0.316 e. The average molecular weight is 1730 g/mol. The number of methoxy groups -OCH3 is 2. The Hall–Kier alpha value is -4.54. The van der Waals surface area contributed by atoms with Crippen LogP contribution in [0.3, 0.4) is 0 Å². The summed E-state index contributed by atoms with van der Waals surface area (Å²) in [4.78, 5) is 28.7. The van der Waals surface area contributed by atoms with Gasteiger partial charge in [-0.3, -0.25) is 9.59 Å². The summed E-state index contributed by atoms with van der Waals surface area (Å²) in [5, 5.41) is 68.5. The zero-order valence-corrected chi connectivity index (χ0v) is 76.3. The first-order valence-corrected chi connectivity index (χ1v) is 46.1. The Morgan fingerprint density at radius 1 is 0.472 bits per heavy atom. The minimum absolute atomic E-state index is 0.0452. The highest BCUT2D eigenvalue weighted by atomic mass is 16.7. The minimum Gasteiger partial charge on any atom is -0.462 e. The Labute approximate surface area is 729 Å². The van der Waals surface area contributed by atoms with Crippen LogP contribution >= 0.6 is 0 Å². The van der Waals surface area contributed by atoms with Gasteiger partial charge in [-0.25, -0.2) is 0 Å². The molecule has 0 saturated carbocycles. The van der Waals surface area contributed by atoms with Gasteiger partial charge in [0.05, 0.1) is 98.7 Å². The van der Waals surface area contributed by atoms with E-state index in [-0.39, 0.29) is 122 Å². The normalized spacial score (nSPS) is 49.2. The van der Waals surface area contributed by atoms with Crippen molar-refractivity contribution in [3.8, 4) is 0 Å². The average Bonchev–Trinajstić information content (AvgIpc) is 1.60. The lowest BCUT2D eigenvalue weighted by molar-refractivity contribution is -0.310. The van der Waals surface area contributed by atoms with E-state index < -0.39 is 145 Å². The van der Waals surface area contributed by atoms with Gasteiger partial charge in [0.25, 0.3) is 0 Å². The van der Waals surface area contributed by atoms with Crippen LogP contribution in [0.5, 0.6) is 0 Å². The molecule has 14 aliphatic rings. The quantitative estimate of drug-likeness (QED) is 0.0655. The summed E-state index contributed by atoms with van der Waals surface area (Å²) in [5.41, 5.74) is 0.423. The Bertz CT molecular complexity index is 3920. The van der Waals surface area contributed by atoms with E-state index in [0.29, 0.717) is 86.5 Å². The molecule has 690 valence electrons. The molecule has 8 saturated heterocycles. The Morgan fingerprint density at radius 3 is 1.25 bits per heavy atom. The van der Waals surface area contributed by atoms with Crippen molar-refractivity contribution in [3.05, 3.63) is 119 Å². The zero-order chi connectivity index (χ0) is 88.6. The maximum atomic E-state index is 14.4. The number of aliphatic hydroxyl groups is 6. The molecule has 8 fully saturated rings. The number of hydrogen-bond acceptors (Lipinski definition) is 26. The highest BCUT2D eigenvalue weighted by molar-refractivity contribution is 5.79. The third-order valence-corrected chi connectivity index (χ3v) is 29.2. The monoisotopic (exact) mass is 1730 g/mol. The zero-order valence-electron chi connectivity index (χ0n) is 76.3. The Kier molecular flexibility index (Phi) is 31.6. The summed E-state index contributed by atoms with van der Waals surface area (Å²) in [6.07, 6.45) is 21.1. The van der Waals surface area contributed by atoms with Gasteiger partial charge in [-0.2, -0.15) is 0 Å². The standard InChI is InChI=1S/C49H74O13.C48H72O13/c1-11-26(3)44-29(6)18-19-48(62-44)24-36-22-35(61-48)17-16-28(5)43(27(4)14-13-15-34-25-55-46-41(50)30(7)20-37(47(52)58-36)49(34,46)53)59-39-21-33(12-2)45(32(9)57-39)60-40-23-38(54-10)42(51)31(8)56-40;1-11-32-20-38(56-31(9)44(32)59-39-22-37(53-10)41(50)30(8)55-39)58-43-26(4)13-12-14-33-24-54-45-40(49)29(7)19-36(48(33,45)52)46(51)57-35-21-34(16-15-27(43)5)60-47(23-35)18-17-28(6)42(61-47)25(2)3/h13-16,18-20,26-27,29,31-33,35-46,50-51,53H,11-12,17,21-25H2,1-10H3;12-15,17-19,25-26,28,30-32,34-45,49-50,52H,11,16,20-24H2,1-10H3/b14-13+,28-16+,34-15+;13-12+,27-15+,33-14+/t26-,27-,29-,31-,32-,33-,35+,36-,37-,38-,39-,40-,41+,42-,43-,44+,45-,46+,48+,49+;26-,28-,30-,31-,32-,34+,35-,36-,37-,38-,39-,40+,41-,42+,43-,44-,45+,47+,48+/m00/s1. The van der Waals surface area contributed by atoms with Gasteiger partial charge in [-0.1, -0.05) is 161 Å². The number of hydrogen-bond donors (Lipinski definition) is 6. The molecule has 39 atom stereocenters. The number of allylic oxidation sites excluding steroid dienone is 4. The van der Waals surface area contributed by atoms with Gasteiger partial charge < -0.3 is 116 Å². The van der Waals surface area contributed by atoms with E-state index in [4.69, 9.17) is 85.3 Å². The van der Waals surface area contributed by atoms with E-state index in [0.717, 1.165) is 30.4 Å². The van der Waals surface area contributed by atoms with Crippen molar-refractivity contribution in [1.82, 2.24) is 0 Å². The lowest BCUT2D eigenvalue weighted by Gasteiger charge is -2.48. The van der Waals surface area contributed by atoms with Gasteiger partial charge in [0.15, 0.2) is 36.7 Å². The minimum atomic E-state index is -1.82. The van der Waals surface area contributed by atoms with Crippen LogP contribution in [0.15, 0.2) is 119 Å². The number of esters is 2. The molecule has 0 aromatic carbocycles. The number of ether oxygens (including phenoxy) is 18. The van der Waals surface area contributed by atoms with Crippen molar-refractivity contribution < 1.29 is 125 Å². The third kappa shape index (κ3) is 20.6. The van der Waals surface area contributed by atoms with E-state index in [1.165, 1.54) is 0 Å². The lowest BCUT2D eigenvalue weighted by Crippen LogP contribution is -2.58. The molecule has 0 aromatic heterocycles. The molecule has 2 aliphatic carbocycles. The molecule has 26 nitrogen and oxygen atoms in total. The number of rotatable bonds is 15. The highest BCUT2D eigenvalue weighted by Gasteiger charge is 2.63. The summed E-state index contributed by atoms with van der Waals surface area (Å²) >= 11 is 0. The summed E-state index contributed by atoms with van der Waals surface area (Å²) in [7, 11) is 3.19. The molecule has 12 heterocycles. The molecule has 12 aliphatic heterocycles. The van der Waals surface area contributed by atoms with E-state index >= 15 is 0 Å².